The fraction of sp³-hybridized carbons (Fsp3) is 0.500. The van der Waals surface area contributed by atoms with E-state index in [0.29, 0.717) is 37.7 Å². The molecule has 0 radical (unpaired) electrons. The lowest BCUT2D eigenvalue weighted by Gasteiger charge is -2.17. The van der Waals surface area contributed by atoms with E-state index in [1.165, 1.54) is 0 Å². The standard InChI is InChI=1S/C16H22N2O3/c1-11(2)10-17-15(19)9-12-4-5-14-13(8-12)18(3)16(20)6-7-21-14/h4-5,8,11H,6-7,9-10H2,1-3H3,(H,17,19). The molecular weight excluding hydrogens is 268 g/mol. The number of benzene rings is 1. The van der Waals surface area contributed by atoms with Crippen molar-refractivity contribution in [1.82, 2.24) is 5.32 Å². The largest absolute Gasteiger partial charge is 0.491 e. The molecule has 5 heteroatoms. The van der Waals surface area contributed by atoms with E-state index in [0.717, 1.165) is 11.3 Å². The number of hydrogen-bond acceptors (Lipinski definition) is 3. The van der Waals surface area contributed by atoms with Crippen LogP contribution in [0.5, 0.6) is 5.75 Å². The summed E-state index contributed by atoms with van der Waals surface area (Å²) >= 11 is 0. The Hall–Kier alpha value is -2.04. The van der Waals surface area contributed by atoms with Gasteiger partial charge in [-0.1, -0.05) is 19.9 Å². The van der Waals surface area contributed by atoms with Crippen LogP contribution in [-0.2, 0) is 16.0 Å². The van der Waals surface area contributed by atoms with E-state index in [9.17, 15) is 9.59 Å². The molecule has 0 fully saturated rings. The summed E-state index contributed by atoms with van der Waals surface area (Å²) in [6, 6.07) is 5.56. The van der Waals surface area contributed by atoms with E-state index >= 15 is 0 Å². The number of ether oxygens (including phenoxy) is 1. The third-order valence-electron chi connectivity index (χ3n) is 3.40. The highest BCUT2D eigenvalue weighted by molar-refractivity contribution is 5.95. The Morgan fingerprint density at radius 1 is 1.43 bits per heavy atom. The molecule has 0 saturated heterocycles. The number of hydrogen-bond donors (Lipinski definition) is 1. The maximum atomic E-state index is 11.9. The van der Waals surface area contributed by atoms with Crippen LogP contribution >= 0.6 is 0 Å². The summed E-state index contributed by atoms with van der Waals surface area (Å²) in [7, 11) is 1.73. The molecular formula is C16H22N2O3. The molecule has 1 heterocycles. The van der Waals surface area contributed by atoms with Crippen LogP contribution in [0.4, 0.5) is 5.69 Å². The molecule has 2 amide bonds. The number of carbonyl (C=O) groups is 2. The first-order valence-corrected chi connectivity index (χ1v) is 7.26. The van der Waals surface area contributed by atoms with Gasteiger partial charge in [-0.2, -0.15) is 0 Å². The number of fused-ring (bicyclic) bond motifs is 1. The van der Waals surface area contributed by atoms with Gasteiger partial charge in [0.05, 0.1) is 25.1 Å². The SMILES string of the molecule is CC(C)CNC(=O)Cc1ccc2c(c1)N(C)C(=O)CCO2. The first-order valence-electron chi connectivity index (χ1n) is 7.26. The monoisotopic (exact) mass is 290 g/mol. The van der Waals surface area contributed by atoms with Crippen LogP contribution in [0.25, 0.3) is 0 Å². The van der Waals surface area contributed by atoms with Crippen molar-refractivity contribution in [3.8, 4) is 5.75 Å². The van der Waals surface area contributed by atoms with E-state index in [2.05, 4.69) is 19.2 Å². The zero-order valence-electron chi connectivity index (χ0n) is 12.8. The van der Waals surface area contributed by atoms with E-state index < -0.39 is 0 Å². The first-order chi connectivity index (χ1) is 9.97. The van der Waals surface area contributed by atoms with Gasteiger partial charge in [-0.3, -0.25) is 9.59 Å². The average Bonchev–Trinajstić information content (AvgIpc) is 2.58. The maximum absolute atomic E-state index is 11.9. The third kappa shape index (κ3) is 3.97. The molecule has 1 N–H and O–H groups in total. The number of carbonyl (C=O) groups excluding carboxylic acids is 2. The number of rotatable bonds is 4. The molecule has 114 valence electrons. The Kier molecular flexibility index (Phi) is 4.83. The highest BCUT2D eigenvalue weighted by atomic mass is 16.5. The lowest BCUT2D eigenvalue weighted by molar-refractivity contribution is -0.120. The summed E-state index contributed by atoms with van der Waals surface area (Å²) in [6.45, 7) is 5.18. The topological polar surface area (TPSA) is 58.6 Å². The van der Waals surface area contributed by atoms with Crippen molar-refractivity contribution in [2.24, 2.45) is 5.92 Å². The van der Waals surface area contributed by atoms with Crippen molar-refractivity contribution in [3.63, 3.8) is 0 Å². The molecule has 1 aliphatic heterocycles. The molecule has 0 unspecified atom stereocenters. The van der Waals surface area contributed by atoms with Gasteiger partial charge >= 0.3 is 0 Å². The minimum atomic E-state index is -0.00725. The molecule has 0 bridgehead atoms. The molecule has 1 aromatic rings. The van der Waals surface area contributed by atoms with Crippen molar-refractivity contribution < 1.29 is 14.3 Å². The second kappa shape index (κ2) is 6.61. The molecule has 2 rings (SSSR count). The quantitative estimate of drug-likeness (QED) is 0.919. The minimum absolute atomic E-state index is 0.00725. The number of amides is 2. The van der Waals surface area contributed by atoms with Crippen LogP contribution in [0.15, 0.2) is 18.2 Å². The minimum Gasteiger partial charge on any atom is -0.491 e. The molecule has 0 aromatic heterocycles. The lowest BCUT2D eigenvalue weighted by Crippen LogP contribution is -2.29. The van der Waals surface area contributed by atoms with Gasteiger partial charge in [-0.25, -0.2) is 0 Å². The van der Waals surface area contributed by atoms with Gasteiger partial charge in [0.25, 0.3) is 0 Å². The van der Waals surface area contributed by atoms with Crippen LogP contribution in [0.2, 0.25) is 0 Å². The number of anilines is 1. The average molecular weight is 290 g/mol. The Balaban J connectivity index is 2.11. The second-order valence-corrected chi connectivity index (χ2v) is 5.73. The Bertz CT molecular complexity index is 540. The van der Waals surface area contributed by atoms with E-state index in [1.54, 1.807) is 11.9 Å². The number of nitrogens with one attached hydrogen (secondary N) is 1. The second-order valence-electron chi connectivity index (χ2n) is 5.73. The van der Waals surface area contributed by atoms with Crippen molar-refractivity contribution >= 4 is 17.5 Å². The summed E-state index contributed by atoms with van der Waals surface area (Å²) in [4.78, 5) is 25.3. The smallest absolute Gasteiger partial charge is 0.230 e. The summed E-state index contributed by atoms with van der Waals surface area (Å²) in [5, 5.41) is 2.89. The Morgan fingerprint density at radius 2 is 2.19 bits per heavy atom. The van der Waals surface area contributed by atoms with Crippen molar-refractivity contribution in [3.05, 3.63) is 23.8 Å². The van der Waals surface area contributed by atoms with Crippen LogP contribution < -0.4 is 15.0 Å². The molecule has 0 aliphatic carbocycles. The molecule has 5 nitrogen and oxygen atoms in total. The Morgan fingerprint density at radius 3 is 2.90 bits per heavy atom. The van der Waals surface area contributed by atoms with Crippen LogP contribution in [0.3, 0.4) is 0 Å². The van der Waals surface area contributed by atoms with Crippen molar-refractivity contribution in [2.75, 3.05) is 25.1 Å². The summed E-state index contributed by atoms with van der Waals surface area (Å²) in [6.07, 6.45) is 0.678. The zero-order valence-corrected chi connectivity index (χ0v) is 12.8. The predicted molar refractivity (Wildman–Crippen MR) is 81.5 cm³/mol. The lowest BCUT2D eigenvalue weighted by atomic mass is 10.1. The van der Waals surface area contributed by atoms with E-state index in [1.807, 2.05) is 18.2 Å². The summed E-state index contributed by atoms with van der Waals surface area (Å²) < 4.78 is 5.57. The summed E-state index contributed by atoms with van der Waals surface area (Å²) in [5.41, 5.74) is 1.60. The van der Waals surface area contributed by atoms with E-state index in [-0.39, 0.29) is 11.8 Å². The zero-order chi connectivity index (χ0) is 15.4. The normalized spacial score (nSPS) is 14.5. The predicted octanol–water partition coefficient (Wildman–Crippen LogP) is 1.75. The highest BCUT2D eigenvalue weighted by Crippen LogP contribution is 2.31. The van der Waals surface area contributed by atoms with Crippen LogP contribution in [0, 0.1) is 5.92 Å². The molecule has 0 saturated carbocycles. The van der Waals surface area contributed by atoms with Gasteiger partial charge in [0, 0.05) is 13.6 Å². The summed E-state index contributed by atoms with van der Waals surface area (Å²) in [5.74, 6) is 1.13. The van der Waals surface area contributed by atoms with Crippen molar-refractivity contribution in [1.29, 1.82) is 0 Å². The van der Waals surface area contributed by atoms with Crippen molar-refractivity contribution in [2.45, 2.75) is 26.7 Å². The van der Waals surface area contributed by atoms with Gasteiger partial charge in [0.15, 0.2) is 0 Å². The van der Waals surface area contributed by atoms with Gasteiger partial charge < -0.3 is 15.0 Å². The van der Waals surface area contributed by atoms with Gasteiger partial charge in [0.2, 0.25) is 11.8 Å². The van der Waals surface area contributed by atoms with Gasteiger partial charge in [-0.15, -0.1) is 0 Å². The van der Waals surface area contributed by atoms with Gasteiger partial charge in [0.1, 0.15) is 5.75 Å². The van der Waals surface area contributed by atoms with Crippen LogP contribution in [0.1, 0.15) is 25.8 Å². The first kappa shape index (κ1) is 15.4. The molecule has 1 aromatic carbocycles. The Labute approximate surface area is 125 Å². The molecule has 0 atom stereocenters. The molecule has 21 heavy (non-hydrogen) atoms. The number of nitrogens with zero attached hydrogens (tertiary/aromatic N) is 1. The third-order valence-corrected chi connectivity index (χ3v) is 3.40. The van der Waals surface area contributed by atoms with Crippen LogP contribution in [-0.4, -0.2) is 32.0 Å². The highest BCUT2D eigenvalue weighted by Gasteiger charge is 2.20. The van der Waals surface area contributed by atoms with Gasteiger partial charge in [-0.05, 0) is 23.6 Å². The molecule has 0 spiro atoms. The fourth-order valence-corrected chi connectivity index (χ4v) is 2.17. The fourth-order valence-electron chi connectivity index (χ4n) is 2.17. The van der Waals surface area contributed by atoms with E-state index in [4.69, 9.17) is 4.74 Å². The maximum Gasteiger partial charge on any atom is 0.230 e. The molecule has 1 aliphatic rings.